The van der Waals surface area contributed by atoms with Crippen LogP contribution in [0.2, 0.25) is 0 Å². The van der Waals surface area contributed by atoms with Gasteiger partial charge in [-0.05, 0) is 12.7 Å². The van der Waals surface area contributed by atoms with Gasteiger partial charge in [-0.25, -0.2) is 9.97 Å². The summed E-state index contributed by atoms with van der Waals surface area (Å²) in [5.41, 5.74) is 0.480. The average Bonchev–Trinajstić information content (AvgIpc) is 2.37. The van der Waals surface area contributed by atoms with E-state index in [0.29, 0.717) is 22.9 Å². The van der Waals surface area contributed by atoms with Crippen LogP contribution >= 0.6 is 23.5 Å². The van der Waals surface area contributed by atoms with Crippen LogP contribution in [0.5, 0.6) is 0 Å². The number of carbonyl (C=O) groups excluding carboxylic acids is 1. The molecule has 0 aliphatic heterocycles. The molecule has 0 aliphatic rings. The molecule has 1 rings (SSSR count). The molecule has 0 fully saturated rings. The highest BCUT2D eigenvalue weighted by molar-refractivity contribution is 8.13. The molecule has 0 aromatic carbocycles. The van der Waals surface area contributed by atoms with Gasteiger partial charge in [0.2, 0.25) is 0 Å². The minimum absolute atomic E-state index is 0.00402. The number of aliphatic hydroxyl groups is 2. The Hall–Kier alpha value is -0.630. The molecule has 0 aliphatic carbocycles. The zero-order valence-corrected chi connectivity index (χ0v) is 11.9. The molecular weight excluding hydrogens is 272 g/mol. The van der Waals surface area contributed by atoms with E-state index in [1.165, 1.54) is 31.1 Å². The fourth-order valence-electron chi connectivity index (χ4n) is 1.29. The molecule has 100 valence electrons. The normalized spacial score (nSPS) is 14.2. The van der Waals surface area contributed by atoms with Crippen molar-refractivity contribution in [1.29, 1.82) is 0 Å². The number of hydrogen-bond donors (Lipinski definition) is 2. The van der Waals surface area contributed by atoms with Crippen molar-refractivity contribution in [1.82, 2.24) is 9.97 Å². The second kappa shape index (κ2) is 7.73. The van der Waals surface area contributed by atoms with Crippen LogP contribution in [0.1, 0.15) is 25.0 Å². The number of aromatic nitrogens is 2. The average molecular weight is 288 g/mol. The van der Waals surface area contributed by atoms with Gasteiger partial charge >= 0.3 is 0 Å². The van der Waals surface area contributed by atoms with E-state index < -0.39 is 12.2 Å². The van der Waals surface area contributed by atoms with E-state index in [0.717, 1.165) is 11.8 Å². The Morgan fingerprint density at radius 2 is 2.00 bits per heavy atom. The van der Waals surface area contributed by atoms with E-state index in [2.05, 4.69) is 9.97 Å². The Labute approximate surface area is 114 Å². The molecule has 1 aromatic heterocycles. The lowest BCUT2D eigenvalue weighted by molar-refractivity contribution is -0.109. The lowest BCUT2D eigenvalue weighted by Crippen LogP contribution is -2.19. The molecule has 0 radical (unpaired) electrons. The zero-order chi connectivity index (χ0) is 13.5. The fourth-order valence-corrected chi connectivity index (χ4v) is 2.25. The summed E-state index contributed by atoms with van der Waals surface area (Å²) >= 11 is 2.54. The van der Waals surface area contributed by atoms with Crippen LogP contribution in [0.25, 0.3) is 0 Å². The molecular formula is C11H16N2O3S2. The molecule has 0 amide bonds. The Kier molecular flexibility index (Phi) is 6.62. The van der Waals surface area contributed by atoms with Crippen molar-refractivity contribution in [2.75, 3.05) is 12.0 Å². The van der Waals surface area contributed by atoms with Crippen molar-refractivity contribution in [3.8, 4) is 0 Å². The third-order valence-corrected chi connectivity index (χ3v) is 3.68. The van der Waals surface area contributed by atoms with Gasteiger partial charge in [0.25, 0.3) is 0 Å². The number of aliphatic hydroxyl groups excluding tert-OH is 2. The first-order valence-electron chi connectivity index (χ1n) is 5.40. The highest BCUT2D eigenvalue weighted by Gasteiger charge is 2.19. The van der Waals surface area contributed by atoms with E-state index in [4.69, 9.17) is 0 Å². The third-order valence-electron chi connectivity index (χ3n) is 2.26. The van der Waals surface area contributed by atoms with Gasteiger partial charge in [-0.1, -0.05) is 23.5 Å². The van der Waals surface area contributed by atoms with E-state index in [9.17, 15) is 15.0 Å². The zero-order valence-electron chi connectivity index (χ0n) is 10.2. The highest BCUT2D eigenvalue weighted by Crippen LogP contribution is 2.20. The second-order valence-electron chi connectivity index (χ2n) is 3.64. The number of carbonyl (C=O) groups is 1. The number of rotatable bonds is 6. The second-order valence-corrected chi connectivity index (χ2v) is 5.69. The van der Waals surface area contributed by atoms with Gasteiger partial charge in [0.05, 0.1) is 6.10 Å². The fraction of sp³-hybridized carbons (Fsp3) is 0.545. The SMILES string of the molecule is CSc1ncc(C(O)C(O)CCSC(C)=O)cn1. The first kappa shape index (κ1) is 15.4. The largest absolute Gasteiger partial charge is 0.390 e. The first-order valence-corrected chi connectivity index (χ1v) is 7.61. The maximum absolute atomic E-state index is 10.7. The topological polar surface area (TPSA) is 83.3 Å². The van der Waals surface area contributed by atoms with Gasteiger partial charge in [0.15, 0.2) is 10.3 Å². The van der Waals surface area contributed by atoms with E-state index >= 15 is 0 Å². The standard InChI is InChI=1S/C11H16N2O3S2/c1-7(14)18-4-3-9(15)10(16)8-5-12-11(17-2)13-6-8/h5-6,9-10,15-16H,3-4H2,1-2H3. The first-order chi connectivity index (χ1) is 8.54. The lowest BCUT2D eigenvalue weighted by atomic mass is 10.1. The number of hydrogen-bond acceptors (Lipinski definition) is 7. The molecule has 0 saturated carbocycles. The maximum Gasteiger partial charge on any atom is 0.187 e. The molecule has 0 saturated heterocycles. The van der Waals surface area contributed by atoms with Crippen molar-refractivity contribution < 1.29 is 15.0 Å². The summed E-state index contributed by atoms with van der Waals surface area (Å²) in [6, 6.07) is 0. The van der Waals surface area contributed by atoms with Crippen LogP contribution in [0.3, 0.4) is 0 Å². The molecule has 2 atom stereocenters. The molecule has 5 nitrogen and oxygen atoms in total. The third kappa shape index (κ3) is 4.93. The number of thioether (sulfide) groups is 2. The van der Waals surface area contributed by atoms with Crippen LogP contribution in [-0.4, -0.2) is 43.4 Å². The molecule has 18 heavy (non-hydrogen) atoms. The van der Waals surface area contributed by atoms with Crippen molar-refractivity contribution >= 4 is 28.6 Å². The van der Waals surface area contributed by atoms with Crippen LogP contribution in [0, 0.1) is 0 Å². The molecule has 1 aromatic rings. The summed E-state index contributed by atoms with van der Waals surface area (Å²) in [5.74, 6) is 0.483. The van der Waals surface area contributed by atoms with Gasteiger partial charge in [0.1, 0.15) is 6.10 Å². The minimum atomic E-state index is -1.02. The van der Waals surface area contributed by atoms with E-state index in [1.807, 2.05) is 6.26 Å². The minimum Gasteiger partial charge on any atom is -0.390 e. The molecule has 0 spiro atoms. The van der Waals surface area contributed by atoms with Crippen LogP contribution in [0.4, 0.5) is 0 Å². The molecule has 7 heteroatoms. The number of nitrogens with zero attached hydrogens (tertiary/aromatic N) is 2. The molecule has 2 unspecified atom stereocenters. The summed E-state index contributed by atoms with van der Waals surface area (Å²) in [6.07, 6.45) is 3.28. The summed E-state index contributed by atoms with van der Waals surface area (Å²) in [4.78, 5) is 18.8. The Morgan fingerprint density at radius 1 is 1.39 bits per heavy atom. The molecule has 2 N–H and O–H groups in total. The highest BCUT2D eigenvalue weighted by atomic mass is 32.2. The predicted molar refractivity (Wildman–Crippen MR) is 72.5 cm³/mol. The van der Waals surface area contributed by atoms with Crippen LogP contribution in [0.15, 0.2) is 17.6 Å². The van der Waals surface area contributed by atoms with Gasteiger partial charge in [0, 0.05) is 30.6 Å². The Bertz CT molecular complexity index is 386. The molecule has 1 heterocycles. The van der Waals surface area contributed by atoms with Crippen molar-refractivity contribution in [3.05, 3.63) is 18.0 Å². The molecule has 0 bridgehead atoms. The monoisotopic (exact) mass is 288 g/mol. The van der Waals surface area contributed by atoms with E-state index in [1.54, 1.807) is 0 Å². The van der Waals surface area contributed by atoms with Crippen LogP contribution < -0.4 is 0 Å². The van der Waals surface area contributed by atoms with Gasteiger partial charge in [-0.15, -0.1) is 0 Å². The summed E-state index contributed by atoms with van der Waals surface area (Å²) in [6.45, 7) is 1.47. The van der Waals surface area contributed by atoms with Crippen LogP contribution in [-0.2, 0) is 4.79 Å². The maximum atomic E-state index is 10.7. The Morgan fingerprint density at radius 3 is 2.50 bits per heavy atom. The van der Waals surface area contributed by atoms with Crippen molar-refractivity contribution in [3.63, 3.8) is 0 Å². The van der Waals surface area contributed by atoms with Gasteiger partial charge in [-0.2, -0.15) is 0 Å². The van der Waals surface area contributed by atoms with E-state index in [-0.39, 0.29) is 5.12 Å². The summed E-state index contributed by atoms with van der Waals surface area (Å²) in [5, 5.41) is 20.3. The smallest absolute Gasteiger partial charge is 0.187 e. The van der Waals surface area contributed by atoms with Gasteiger partial charge in [-0.3, -0.25) is 4.79 Å². The van der Waals surface area contributed by atoms with Gasteiger partial charge < -0.3 is 10.2 Å². The van der Waals surface area contributed by atoms with Crippen molar-refractivity contribution in [2.24, 2.45) is 0 Å². The quantitative estimate of drug-likeness (QED) is 0.602. The summed E-state index contributed by atoms with van der Waals surface area (Å²) < 4.78 is 0. The van der Waals surface area contributed by atoms with Crippen molar-refractivity contribution in [2.45, 2.75) is 30.7 Å². The Balaban J connectivity index is 2.51. The predicted octanol–water partition coefficient (Wildman–Crippen LogP) is 1.26. The summed E-state index contributed by atoms with van der Waals surface area (Å²) in [7, 11) is 0. The lowest BCUT2D eigenvalue weighted by Gasteiger charge is -2.17.